The van der Waals surface area contributed by atoms with E-state index in [9.17, 15) is 4.79 Å². The Kier molecular flexibility index (Phi) is 5.60. The minimum absolute atomic E-state index is 0.0427. The van der Waals surface area contributed by atoms with E-state index in [-0.39, 0.29) is 17.9 Å². The number of nitrogens with two attached hydrogens (primary N) is 1. The molecule has 2 atom stereocenters. The van der Waals surface area contributed by atoms with Crippen LogP contribution in [0.4, 0.5) is 0 Å². The summed E-state index contributed by atoms with van der Waals surface area (Å²) in [6, 6.07) is -0.391. The van der Waals surface area contributed by atoms with E-state index in [0.29, 0.717) is 6.54 Å². The molecule has 0 aliphatic carbocycles. The largest absolute Gasteiger partial charge is 0.381 e. The standard InChI is InChI=1S/C14H26N2O3/c1-16(10-12-4-2-3-7-19-12)14(17)13(15)11-5-8-18-9-6-11/h11-13H,2-10,15H2,1H3. The van der Waals surface area contributed by atoms with Crippen molar-refractivity contribution < 1.29 is 14.3 Å². The minimum Gasteiger partial charge on any atom is -0.381 e. The van der Waals surface area contributed by atoms with E-state index >= 15 is 0 Å². The van der Waals surface area contributed by atoms with Crippen molar-refractivity contribution in [2.75, 3.05) is 33.4 Å². The van der Waals surface area contributed by atoms with Crippen LogP contribution < -0.4 is 5.73 Å². The molecule has 2 heterocycles. The van der Waals surface area contributed by atoms with E-state index in [1.54, 1.807) is 4.90 Å². The van der Waals surface area contributed by atoms with Gasteiger partial charge in [0.05, 0.1) is 12.1 Å². The molecule has 5 heteroatoms. The SMILES string of the molecule is CN(CC1CCCCO1)C(=O)C(N)C1CCOCC1. The molecule has 2 fully saturated rings. The summed E-state index contributed by atoms with van der Waals surface area (Å²) in [5, 5.41) is 0. The highest BCUT2D eigenvalue weighted by atomic mass is 16.5. The van der Waals surface area contributed by atoms with Crippen LogP contribution >= 0.6 is 0 Å². The van der Waals surface area contributed by atoms with Gasteiger partial charge in [-0.15, -0.1) is 0 Å². The highest BCUT2D eigenvalue weighted by Crippen LogP contribution is 2.19. The van der Waals surface area contributed by atoms with E-state index < -0.39 is 6.04 Å². The number of ether oxygens (including phenoxy) is 2. The zero-order valence-electron chi connectivity index (χ0n) is 11.8. The van der Waals surface area contributed by atoms with E-state index in [1.165, 1.54) is 6.42 Å². The van der Waals surface area contributed by atoms with Gasteiger partial charge >= 0.3 is 0 Å². The number of likely N-dealkylation sites (N-methyl/N-ethyl adjacent to an activating group) is 1. The normalized spacial score (nSPS) is 26.9. The summed E-state index contributed by atoms with van der Waals surface area (Å²) in [7, 11) is 1.83. The zero-order chi connectivity index (χ0) is 13.7. The average molecular weight is 270 g/mol. The Bertz CT molecular complexity index is 286. The Hall–Kier alpha value is -0.650. The topological polar surface area (TPSA) is 64.8 Å². The molecule has 0 aromatic rings. The molecule has 110 valence electrons. The van der Waals surface area contributed by atoms with Crippen molar-refractivity contribution in [3.63, 3.8) is 0 Å². The van der Waals surface area contributed by atoms with Crippen LogP contribution in [-0.2, 0) is 14.3 Å². The van der Waals surface area contributed by atoms with Crippen molar-refractivity contribution in [1.29, 1.82) is 0 Å². The van der Waals surface area contributed by atoms with Gasteiger partial charge in [0.1, 0.15) is 0 Å². The molecule has 2 rings (SSSR count). The van der Waals surface area contributed by atoms with Gasteiger partial charge in [-0.3, -0.25) is 4.79 Å². The second-order valence-electron chi connectivity index (χ2n) is 5.68. The molecule has 0 bridgehead atoms. The summed E-state index contributed by atoms with van der Waals surface area (Å²) in [5.74, 6) is 0.303. The van der Waals surface area contributed by atoms with Crippen molar-refractivity contribution >= 4 is 5.91 Å². The lowest BCUT2D eigenvalue weighted by molar-refractivity contribution is -0.135. The fourth-order valence-corrected chi connectivity index (χ4v) is 2.88. The number of hydrogen-bond acceptors (Lipinski definition) is 4. The van der Waals surface area contributed by atoms with Crippen molar-refractivity contribution in [3.8, 4) is 0 Å². The van der Waals surface area contributed by atoms with Crippen LogP contribution in [0.2, 0.25) is 0 Å². The Morgan fingerprint density at radius 1 is 1.26 bits per heavy atom. The molecule has 0 spiro atoms. The smallest absolute Gasteiger partial charge is 0.239 e. The predicted molar refractivity (Wildman–Crippen MR) is 72.7 cm³/mol. The highest BCUT2D eigenvalue weighted by Gasteiger charge is 2.29. The molecular formula is C14H26N2O3. The maximum absolute atomic E-state index is 12.3. The number of rotatable bonds is 4. The molecule has 2 N–H and O–H groups in total. The molecule has 19 heavy (non-hydrogen) atoms. The summed E-state index contributed by atoms with van der Waals surface area (Å²) in [6.07, 6.45) is 5.34. The number of carbonyl (C=O) groups excluding carboxylic acids is 1. The summed E-state index contributed by atoms with van der Waals surface area (Å²) in [6.45, 7) is 2.93. The third-order valence-corrected chi connectivity index (χ3v) is 4.19. The van der Waals surface area contributed by atoms with E-state index in [1.807, 2.05) is 7.05 Å². The first kappa shape index (κ1) is 14.8. The van der Waals surface area contributed by atoms with Gasteiger partial charge in [-0.25, -0.2) is 0 Å². The number of carbonyl (C=O) groups is 1. The first-order chi connectivity index (χ1) is 9.18. The Morgan fingerprint density at radius 3 is 2.63 bits per heavy atom. The molecule has 0 radical (unpaired) electrons. The average Bonchev–Trinajstić information content (AvgIpc) is 2.47. The lowest BCUT2D eigenvalue weighted by atomic mass is 9.91. The van der Waals surface area contributed by atoms with E-state index in [0.717, 1.165) is 45.5 Å². The molecule has 2 unspecified atom stereocenters. The Labute approximate surface area is 115 Å². The Morgan fingerprint density at radius 2 is 2.00 bits per heavy atom. The summed E-state index contributed by atoms with van der Waals surface area (Å²) < 4.78 is 11.0. The van der Waals surface area contributed by atoms with Crippen LogP contribution in [0.1, 0.15) is 32.1 Å². The van der Waals surface area contributed by atoms with Crippen molar-refractivity contribution in [3.05, 3.63) is 0 Å². The van der Waals surface area contributed by atoms with Crippen LogP contribution in [0.5, 0.6) is 0 Å². The van der Waals surface area contributed by atoms with Gasteiger partial charge in [0.25, 0.3) is 0 Å². The van der Waals surface area contributed by atoms with Crippen LogP contribution in [0.25, 0.3) is 0 Å². The van der Waals surface area contributed by atoms with Gasteiger partial charge in [-0.2, -0.15) is 0 Å². The lowest BCUT2D eigenvalue weighted by Gasteiger charge is -2.32. The van der Waals surface area contributed by atoms with Gasteiger partial charge in [-0.05, 0) is 38.0 Å². The first-order valence-corrected chi connectivity index (χ1v) is 7.38. The molecule has 2 saturated heterocycles. The van der Waals surface area contributed by atoms with Crippen molar-refractivity contribution in [2.45, 2.75) is 44.2 Å². The third kappa shape index (κ3) is 4.16. The molecule has 0 aromatic carbocycles. The fourth-order valence-electron chi connectivity index (χ4n) is 2.88. The van der Waals surface area contributed by atoms with Crippen molar-refractivity contribution in [1.82, 2.24) is 4.90 Å². The van der Waals surface area contributed by atoms with Crippen molar-refractivity contribution in [2.24, 2.45) is 11.7 Å². The molecule has 0 saturated carbocycles. The van der Waals surface area contributed by atoms with Gasteiger partial charge < -0.3 is 20.1 Å². The second kappa shape index (κ2) is 7.22. The molecule has 5 nitrogen and oxygen atoms in total. The Balaban J connectivity index is 1.79. The van der Waals surface area contributed by atoms with Crippen LogP contribution in [0, 0.1) is 5.92 Å². The molecule has 0 aromatic heterocycles. The maximum Gasteiger partial charge on any atom is 0.239 e. The fraction of sp³-hybridized carbons (Fsp3) is 0.929. The quantitative estimate of drug-likeness (QED) is 0.819. The second-order valence-corrected chi connectivity index (χ2v) is 5.68. The van der Waals surface area contributed by atoms with Gasteiger partial charge in [0.15, 0.2) is 0 Å². The molecular weight excluding hydrogens is 244 g/mol. The van der Waals surface area contributed by atoms with E-state index in [4.69, 9.17) is 15.2 Å². The van der Waals surface area contributed by atoms with Crippen LogP contribution in [0.15, 0.2) is 0 Å². The molecule has 2 aliphatic rings. The van der Waals surface area contributed by atoms with E-state index in [2.05, 4.69) is 0 Å². The molecule has 1 amide bonds. The number of nitrogens with zero attached hydrogens (tertiary/aromatic N) is 1. The predicted octanol–water partition coefficient (Wildman–Crippen LogP) is 0.768. The monoisotopic (exact) mass is 270 g/mol. The lowest BCUT2D eigenvalue weighted by Crippen LogP contribution is -2.49. The summed E-state index contributed by atoms with van der Waals surface area (Å²) >= 11 is 0. The third-order valence-electron chi connectivity index (χ3n) is 4.19. The summed E-state index contributed by atoms with van der Waals surface area (Å²) in [4.78, 5) is 14.1. The minimum atomic E-state index is -0.391. The molecule has 2 aliphatic heterocycles. The van der Waals surface area contributed by atoms with Crippen LogP contribution in [-0.4, -0.2) is 56.4 Å². The van der Waals surface area contributed by atoms with Gasteiger partial charge in [0, 0.05) is 33.4 Å². The zero-order valence-corrected chi connectivity index (χ0v) is 11.8. The first-order valence-electron chi connectivity index (χ1n) is 7.38. The van der Waals surface area contributed by atoms with Gasteiger partial charge in [0.2, 0.25) is 5.91 Å². The summed E-state index contributed by atoms with van der Waals surface area (Å²) in [5.41, 5.74) is 6.11. The number of hydrogen-bond donors (Lipinski definition) is 1. The van der Waals surface area contributed by atoms with Crippen LogP contribution in [0.3, 0.4) is 0 Å². The van der Waals surface area contributed by atoms with Gasteiger partial charge in [-0.1, -0.05) is 0 Å². The number of amides is 1. The highest BCUT2D eigenvalue weighted by molar-refractivity contribution is 5.81. The maximum atomic E-state index is 12.3.